The Hall–Kier alpha value is -7.94. The molecule has 286 valence electrons. The fourth-order valence-corrected chi connectivity index (χ4v) is 10.1. The third-order valence-electron chi connectivity index (χ3n) is 12.7. The van der Waals surface area contributed by atoms with Crippen molar-refractivity contribution in [2.75, 3.05) is 4.90 Å². The molecule has 0 amide bonds. The van der Waals surface area contributed by atoms with Crippen LogP contribution in [0.2, 0.25) is 0 Å². The Morgan fingerprint density at radius 1 is 0.311 bits per heavy atom. The summed E-state index contributed by atoms with van der Waals surface area (Å²) in [4.78, 5) is 2.41. The molecule has 0 aliphatic heterocycles. The minimum absolute atomic E-state index is 0.471. The number of anilines is 3. The maximum absolute atomic E-state index is 6.09. The molecule has 0 N–H and O–H groups in total. The zero-order chi connectivity index (χ0) is 40.3. The van der Waals surface area contributed by atoms with Gasteiger partial charge in [-0.05, 0) is 138 Å². The largest absolute Gasteiger partial charge is 0.457 e. The number of ether oxygens (including phenoxy) is 1. The molecule has 10 aromatic carbocycles. The Bertz CT molecular complexity index is 3200. The molecule has 61 heavy (non-hydrogen) atoms. The van der Waals surface area contributed by atoms with Crippen molar-refractivity contribution in [1.82, 2.24) is 0 Å². The Kier molecular flexibility index (Phi) is 8.11. The van der Waals surface area contributed by atoms with E-state index in [2.05, 4.69) is 199 Å². The van der Waals surface area contributed by atoms with Gasteiger partial charge in [0.15, 0.2) is 0 Å². The lowest BCUT2D eigenvalue weighted by molar-refractivity contribution is 0.483. The predicted molar refractivity (Wildman–Crippen MR) is 252 cm³/mol. The minimum atomic E-state index is -0.471. The maximum Gasteiger partial charge on any atom is 0.127 e. The highest BCUT2D eigenvalue weighted by Gasteiger charge is 2.52. The number of hydrogen-bond acceptors (Lipinski definition) is 2. The molecule has 10 aromatic rings. The second-order valence-corrected chi connectivity index (χ2v) is 16.0. The lowest BCUT2D eigenvalue weighted by Gasteiger charge is -2.32. The van der Waals surface area contributed by atoms with Crippen LogP contribution in [-0.4, -0.2) is 0 Å². The van der Waals surface area contributed by atoms with Gasteiger partial charge in [-0.25, -0.2) is 0 Å². The standard InChI is InChI=1S/C59H39NO/c1-3-13-40(14-4-1)41-23-30-45(31-24-41)60(46-32-25-42(26-33-46)43-27-35-49(36-28-43)61-48-16-5-2-6-17-48)47-34-37-53-57(39-47)59(56-38-29-44-15-7-8-18-50(44)58(53)56)54-21-11-9-19-51(54)52-20-10-12-22-55(52)59/h1-39H. The molecule has 0 bridgehead atoms. The summed E-state index contributed by atoms with van der Waals surface area (Å²) < 4.78 is 6.09. The van der Waals surface area contributed by atoms with E-state index in [4.69, 9.17) is 4.74 Å². The summed E-state index contributed by atoms with van der Waals surface area (Å²) in [6.45, 7) is 0. The molecule has 2 aliphatic rings. The third-order valence-corrected chi connectivity index (χ3v) is 12.7. The molecular formula is C59H39NO. The van der Waals surface area contributed by atoms with E-state index >= 15 is 0 Å². The Balaban J connectivity index is 1.02. The first kappa shape index (κ1) is 35.0. The zero-order valence-electron chi connectivity index (χ0n) is 33.4. The van der Waals surface area contributed by atoms with Crippen LogP contribution in [0.15, 0.2) is 237 Å². The van der Waals surface area contributed by atoms with Crippen LogP contribution in [0.25, 0.3) is 55.3 Å². The first-order valence-corrected chi connectivity index (χ1v) is 21.0. The van der Waals surface area contributed by atoms with Gasteiger partial charge in [-0.3, -0.25) is 0 Å². The van der Waals surface area contributed by atoms with Crippen molar-refractivity contribution < 1.29 is 4.74 Å². The number of hydrogen-bond donors (Lipinski definition) is 0. The monoisotopic (exact) mass is 777 g/mol. The molecule has 0 atom stereocenters. The number of rotatable bonds is 7. The fourth-order valence-electron chi connectivity index (χ4n) is 10.1. The van der Waals surface area contributed by atoms with Gasteiger partial charge in [0.05, 0.1) is 5.41 Å². The van der Waals surface area contributed by atoms with Crippen LogP contribution < -0.4 is 9.64 Å². The minimum Gasteiger partial charge on any atom is -0.457 e. The summed E-state index contributed by atoms with van der Waals surface area (Å²) in [6, 6.07) is 85.7. The molecule has 0 fully saturated rings. The summed E-state index contributed by atoms with van der Waals surface area (Å²) in [6.07, 6.45) is 0. The van der Waals surface area contributed by atoms with Gasteiger partial charge >= 0.3 is 0 Å². The Morgan fingerprint density at radius 3 is 1.44 bits per heavy atom. The first-order chi connectivity index (χ1) is 30.2. The third kappa shape index (κ3) is 5.57. The lowest BCUT2D eigenvalue weighted by Crippen LogP contribution is -2.26. The molecule has 0 unspecified atom stereocenters. The van der Waals surface area contributed by atoms with Crippen molar-refractivity contribution in [3.63, 3.8) is 0 Å². The molecule has 0 radical (unpaired) electrons. The van der Waals surface area contributed by atoms with E-state index in [1.165, 1.54) is 66.4 Å². The van der Waals surface area contributed by atoms with Gasteiger partial charge in [-0.1, -0.05) is 176 Å². The van der Waals surface area contributed by atoms with Crippen LogP contribution in [0.4, 0.5) is 17.1 Å². The molecule has 0 saturated heterocycles. The summed E-state index contributed by atoms with van der Waals surface area (Å²) in [5.74, 6) is 1.64. The molecule has 0 saturated carbocycles. The highest BCUT2D eigenvalue weighted by molar-refractivity contribution is 6.06. The molecule has 0 heterocycles. The lowest BCUT2D eigenvalue weighted by atomic mass is 9.70. The van der Waals surface area contributed by atoms with Crippen molar-refractivity contribution in [2.24, 2.45) is 0 Å². The van der Waals surface area contributed by atoms with Gasteiger partial charge in [0.2, 0.25) is 0 Å². The van der Waals surface area contributed by atoms with Crippen LogP contribution in [0, 0.1) is 0 Å². The summed E-state index contributed by atoms with van der Waals surface area (Å²) in [5, 5.41) is 2.54. The Labute approximate surface area is 356 Å². The van der Waals surface area contributed by atoms with Gasteiger partial charge in [0, 0.05) is 17.1 Å². The van der Waals surface area contributed by atoms with Crippen molar-refractivity contribution >= 4 is 27.8 Å². The fraction of sp³-hybridized carbons (Fsp3) is 0.0169. The average Bonchev–Trinajstić information content (AvgIpc) is 3.80. The highest BCUT2D eigenvalue weighted by Crippen LogP contribution is 2.64. The zero-order valence-corrected chi connectivity index (χ0v) is 33.4. The molecule has 2 heteroatoms. The van der Waals surface area contributed by atoms with Crippen LogP contribution in [0.3, 0.4) is 0 Å². The summed E-state index contributed by atoms with van der Waals surface area (Å²) in [5.41, 5.74) is 18.1. The van der Waals surface area contributed by atoms with E-state index in [1.807, 2.05) is 42.5 Å². The predicted octanol–water partition coefficient (Wildman–Crippen LogP) is 15.8. The smallest absolute Gasteiger partial charge is 0.127 e. The highest BCUT2D eigenvalue weighted by atomic mass is 16.5. The van der Waals surface area contributed by atoms with E-state index in [0.29, 0.717) is 0 Å². The van der Waals surface area contributed by atoms with E-state index < -0.39 is 5.41 Å². The number of fused-ring (bicyclic) bond motifs is 12. The molecule has 12 rings (SSSR count). The molecular weight excluding hydrogens is 739 g/mol. The van der Waals surface area contributed by atoms with E-state index in [0.717, 1.165) is 39.7 Å². The van der Waals surface area contributed by atoms with Gasteiger partial charge in [0.1, 0.15) is 11.5 Å². The quantitative estimate of drug-likeness (QED) is 0.160. The van der Waals surface area contributed by atoms with Crippen molar-refractivity contribution in [3.05, 3.63) is 259 Å². The molecule has 0 aromatic heterocycles. The first-order valence-electron chi connectivity index (χ1n) is 21.0. The van der Waals surface area contributed by atoms with Crippen LogP contribution >= 0.6 is 0 Å². The van der Waals surface area contributed by atoms with Gasteiger partial charge in [0.25, 0.3) is 0 Å². The van der Waals surface area contributed by atoms with Gasteiger partial charge < -0.3 is 9.64 Å². The van der Waals surface area contributed by atoms with E-state index in [1.54, 1.807) is 0 Å². The van der Waals surface area contributed by atoms with Crippen molar-refractivity contribution in [2.45, 2.75) is 5.41 Å². The van der Waals surface area contributed by atoms with Crippen molar-refractivity contribution in [3.8, 4) is 56.0 Å². The second kappa shape index (κ2) is 14.1. The van der Waals surface area contributed by atoms with Crippen LogP contribution in [0.1, 0.15) is 22.3 Å². The SMILES string of the molecule is c1ccc(Oc2ccc(-c3ccc(N(c4ccc(-c5ccccc5)cc4)c4ccc5c(c4)C4(c6ccccc6-c6ccccc64)c4ccc6ccccc6c4-5)cc3)cc2)cc1. The maximum atomic E-state index is 6.09. The molecule has 1 spiro atoms. The van der Waals surface area contributed by atoms with Crippen LogP contribution in [-0.2, 0) is 5.41 Å². The second-order valence-electron chi connectivity index (χ2n) is 16.0. The Morgan fingerprint density at radius 2 is 0.803 bits per heavy atom. The summed E-state index contributed by atoms with van der Waals surface area (Å²) >= 11 is 0. The number of nitrogens with zero attached hydrogens (tertiary/aromatic N) is 1. The normalized spacial score (nSPS) is 12.7. The van der Waals surface area contributed by atoms with Gasteiger partial charge in [-0.2, -0.15) is 0 Å². The van der Waals surface area contributed by atoms with E-state index in [9.17, 15) is 0 Å². The van der Waals surface area contributed by atoms with Crippen molar-refractivity contribution in [1.29, 1.82) is 0 Å². The van der Waals surface area contributed by atoms with E-state index in [-0.39, 0.29) is 0 Å². The van der Waals surface area contributed by atoms with Gasteiger partial charge in [-0.15, -0.1) is 0 Å². The number of benzene rings is 10. The average molecular weight is 778 g/mol. The molecule has 2 nitrogen and oxygen atoms in total. The summed E-state index contributed by atoms with van der Waals surface area (Å²) in [7, 11) is 0. The number of para-hydroxylation sites is 1. The topological polar surface area (TPSA) is 12.5 Å². The molecule has 2 aliphatic carbocycles. The van der Waals surface area contributed by atoms with Crippen LogP contribution in [0.5, 0.6) is 11.5 Å².